The first-order valence-electron chi connectivity index (χ1n) is 13.9. The molecule has 2 fully saturated rings. The summed E-state index contributed by atoms with van der Waals surface area (Å²) in [5, 5.41) is 2.56. The molecule has 0 aliphatic carbocycles. The monoisotopic (exact) mass is 608 g/mol. The second kappa shape index (κ2) is 12.8. The summed E-state index contributed by atoms with van der Waals surface area (Å²) in [6.07, 6.45) is 1.61. The van der Waals surface area contributed by atoms with Crippen molar-refractivity contribution in [3.05, 3.63) is 47.7 Å². The van der Waals surface area contributed by atoms with Gasteiger partial charge in [0, 0.05) is 64.0 Å². The zero-order chi connectivity index (χ0) is 30.7. The molecular formula is C29H35F3N4O5S. The number of likely N-dealkylation sites (tertiary alicyclic amines) is 1. The van der Waals surface area contributed by atoms with Gasteiger partial charge in [-0.2, -0.15) is 13.2 Å². The van der Waals surface area contributed by atoms with Crippen LogP contribution in [0.2, 0.25) is 0 Å². The lowest BCUT2D eigenvalue weighted by atomic mass is 9.86. The first-order chi connectivity index (χ1) is 19.7. The number of rotatable bonds is 8. The van der Waals surface area contributed by atoms with Gasteiger partial charge in [0.2, 0.25) is 5.91 Å². The predicted molar refractivity (Wildman–Crippen MR) is 151 cm³/mol. The summed E-state index contributed by atoms with van der Waals surface area (Å²) in [5.41, 5.74) is -1.14. The largest absolute Gasteiger partial charge is 0.416 e. The van der Waals surface area contributed by atoms with E-state index in [0.29, 0.717) is 51.1 Å². The van der Waals surface area contributed by atoms with E-state index >= 15 is 0 Å². The Bertz CT molecular complexity index is 1440. The van der Waals surface area contributed by atoms with Crippen molar-refractivity contribution in [1.29, 1.82) is 0 Å². The molecule has 2 aliphatic rings. The number of carbonyl (C=O) groups excluding carboxylic acids is 3. The lowest BCUT2D eigenvalue weighted by molar-refractivity contribution is -0.137. The molecule has 1 aromatic heterocycles. The van der Waals surface area contributed by atoms with Gasteiger partial charge < -0.3 is 15.1 Å². The number of nitrogens with zero attached hydrogens (tertiary/aromatic N) is 3. The number of hydrogen-bond acceptors (Lipinski definition) is 7. The smallest absolute Gasteiger partial charge is 0.355 e. The highest BCUT2D eigenvalue weighted by Gasteiger charge is 2.31. The topological polar surface area (TPSA) is 117 Å². The number of anilines is 2. The van der Waals surface area contributed by atoms with Crippen LogP contribution in [0.4, 0.5) is 24.7 Å². The Kier molecular flexibility index (Phi) is 9.59. The molecule has 3 heterocycles. The normalized spacial score (nSPS) is 18.5. The number of benzene rings is 1. The number of aromatic nitrogens is 1. The van der Waals surface area contributed by atoms with Crippen LogP contribution in [0.5, 0.6) is 0 Å². The molecule has 0 spiro atoms. The van der Waals surface area contributed by atoms with Crippen LogP contribution < -0.4 is 10.2 Å². The van der Waals surface area contributed by atoms with Crippen LogP contribution in [-0.4, -0.2) is 68.3 Å². The maximum absolute atomic E-state index is 13.2. The van der Waals surface area contributed by atoms with Crippen LogP contribution in [0, 0.1) is 11.8 Å². The lowest BCUT2D eigenvalue weighted by Crippen LogP contribution is -2.39. The summed E-state index contributed by atoms with van der Waals surface area (Å²) in [7, 11) is -3.68. The van der Waals surface area contributed by atoms with Gasteiger partial charge in [-0.05, 0) is 61.8 Å². The zero-order valence-electron chi connectivity index (χ0n) is 23.6. The maximum atomic E-state index is 13.2. The van der Waals surface area contributed by atoms with Crippen molar-refractivity contribution in [3.63, 3.8) is 0 Å². The third-order valence-corrected chi connectivity index (χ3v) is 8.96. The number of pyridine rings is 1. The SMILES string of the molecule is CC(=O)N1CCC[C@@H](CC(=O)CC2CCN(c3ncc(S(C)(=O)=O)cc3NC(=O)c3cccc(C(F)(F)F)c3)CC2)C1. The summed E-state index contributed by atoms with van der Waals surface area (Å²) >= 11 is 0. The summed E-state index contributed by atoms with van der Waals surface area (Å²) in [6.45, 7) is 3.89. The number of nitrogens with one attached hydrogen (secondary N) is 1. The summed E-state index contributed by atoms with van der Waals surface area (Å²) < 4.78 is 63.9. The molecule has 0 bridgehead atoms. The van der Waals surface area contributed by atoms with Gasteiger partial charge >= 0.3 is 6.18 Å². The highest BCUT2D eigenvalue weighted by atomic mass is 32.2. The van der Waals surface area contributed by atoms with Crippen LogP contribution in [-0.2, 0) is 25.6 Å². The van der Waals surface area contributed by atoms with E-state index in [-0.39, 0.29) is 39.7 Å². The van der Waals surface area contributed by atoms with Gasteiger partial charge in [-0.15, -0.1) is 0 Å². The Morgan fingerprint density at radius 2 is 1.71 bits per heavy atom. The summed E-state index contributed by atoms with van der Waals surface area (Å²) in [4.78, 5) is 45.3. The van der Waals surface area contributed by atoms with Crippen LogP contribution in [0.1, 0.15) is 61.4 Å². The Balaban J connectivity index is 1.43. The number of sulfone groups is 1. The quantitative estimate of drug-likeness (QED) is 0.466. The second-order valence-corrected chi connectivity index (χ2v) is 13.2. The summed E-state index contributed by atoms with van der Waals surface area (Å²) in [5.74, 6) is 0.00691. The number of amides is 2. The molecule has 1 aromatic carbocycles. The molecule has 0 unspecified atom stereocenters. The van der Waals surface area contributed by atoms with Crippen molar-refractivity contribution in [2.45, 2.75) is 56.5 Å². The van der Waals surface area contributed by atoms with Crippen molar-refractivity contribution in [3.8, 4) is 0 Å². The molecule has 2 amide bonds. The molecule has 1 N–H and O–H groups in total. The van der Waals surface area contributed by atoms with Crippen LogP contribution in [0.25, 0.3) is 0 Å². The van der Waals surface area contributed by atoms with Crippen molar-refractivity contribution in [1.82, 2.24) is 9.88 Å². The van der Waals surface area contributed by atoms with Gasteiger partial charge in [0.15, 0.2) is 15.7 Å². The standard InChI is InChI=1S/C29H35F3N4O5S/c1-19(37)36-10-4-5-21(18-36)14-24(38)13-20-8-11-35(12-9-20)27-26(16-25(17-33-27)42(2,40)41)34-28(39)22-6-3-7-23(15-22)29(30,31)32/h3,6-7,15-17,20-21H,4-5,8-14,18H2,1-2H3,(H,34,39)/t21-/m0/s1. The summed E-state index contributed by atoms with van der Waals surface area (Å²) in [6, 6.07) is 5.22. The van der Waals surface area contributed by atoms with Crippen molar-refractivity contribution >= 4 is 38.9 Å². The Hall–Kier alpha value is -3.48. The van der Waals surface area contributed by atoms with Crippen molar-refractivity contribution in [2.24, 2.45) is 11.8 Å². The third-order valence-electron chi connectivity index (χ3n) is 7.88. The molecule has 0 radical (unpaired) electrons. The minimum atomic E-state index is -4.63. The molecule has 2 aromatic rings. The highest BCUT2D eigenvalue weighted by molar-refractivity contribution is 7.90. The van der Waals surface area contributed by atoms with E-state index in [2.05, 4.69) is 10.3 Å². The molecule has 2 aliphatic heterocycles. The maximum Gasteiger partial charge on any atom is 0.416 e. The molecular weight excluding hydrogens is 573 g/mol. The van der Waals surface area contributed by atoms with Crippen LogP contribution in [0.15, 0.2) is 41.4 Å². The lowest BCUT2D eigenvalue weighted by Gasteiger charge is -2.34. The highest BCUT2D eigenvalue weighted by Crippen LogP contribution is 2.33. The Morgan fingerprint density at radius 3 is 2.36 bits per heavy atom. The molecule has 13 heteroatoms. The molecule has 9 nitrogen and oxygen atoms in total. The van der Waals surface area contributed by atoms with E-state index in [4.69, 9.17) is 0 Å². The fourth-order valence-corrected chi connectivity index (χ4v) is 6.19. The van der Waals surface area contributed by atoms with Crippen LogP contribution in [0.3, 0.4) is 0 Å². The number of ketones is 1. The van der Waals surface area contributed by atoms with Crippen LogP contribution >= 0.6 is 0 Å². The number of carbonyl (C=O) groups is 3. The molecule has 1 atom stereocenters. The second-order valence-electron chi connectivity index (χ2n) is 11.2. The first-order valence-corrected chi connectivity index (χ1v) is 15.8. The van der Waals surface area contributed by atoms with E-state index in [1.54, 1.807) is 11.8 Å². The molecule has 2 saturated heterocycles. The fourth-order valence-electron chi connectivity index (χ4n) is 5.61. The van der Waals surface area contributed by atoms with E-state index < -0.39 is 27.5 Å². The van der Waals surface area contributed by atoms with Crippen molar-refractivity contribution < 1.29 is 36.0 Å². The third kappa shape index (κ3) is 8.08. The van der Waals surface area contributed by atoms with Gasteiger partial charge in [-0.25, -0.2) is 13.4 Å². The number of hydrogen-bond donors (Lipinski definition) is 1. The van der Waals surface area contributed by atoms with Gasteiger partial charge in [-0.3, -0.25) is 14.4 Å². The van der Waals surface area contributed by atoms with E-state index in [0.717, 1.165) is 43.8 Å². The molecule has 0 saturated carbocycles. The minimum Gasteiger partial charge on any atom is -0.355 e. The van der Waals surface area contributed by atoms with Gasteiger partial charge in [0.05, 0.1) is 16.1 Å². The molecule has 228 valence electrons. The fraction of sp³-hybridized carbons (Fsp3) is 0.517. The molecule has 4 rings (SSSR count). The van der Waals surface area contributed by atoms with E-state index in [9.17, 15) is 36.0 Å². The zero-order valence-corrected chi connectivity index (χ0v) is 24.4. The van der Waals surface area contributed by atoms with Gasteiger partial charge in [-0.1, -0.05) is 6.07 Å². The Morgan fingerprint density at radius 1 is 1.02 bits per heavy atom. The number of Topliss-reactive ketones (excluding diaryl/α,β-unsaturated/α-hetero) is 1. The van der Waals surface area contributed by atoms with Gasteiger partial charge in [0.25, 0.3) is 5.91 Å². The molecule has 42 heavy (non-hydrogen) atoms. The van der Waals surface area contributed by atoms with E-state index in [1.807, 2.05) is 4.90 Å². The van der Waals surface area contributed by atoms with E-state index in [1.165, 1.54) is 18.3 Å². The predicted octanol–water partition coefficient (Wildman–Crippen LogP) is 4.58. The minimum absolute atomic E-state index is 0.0306. The average Bonchev–Trinajstić information content (AvgIpc) is 2.92. The number of piperidine rings is 2. The number of halogens is 3. The van der Waals surface area contributed by atoms with Gasteiger partial charge in [0.1, 0.15) is 5.78 Å². The van der Waals surface area contributed by atoms with Crippen molar-refractivity contribution in [2.75, 3.05) is 42.7 Å². The average molecular weight is 609 g/mol. The number of alkyl halides is 3. The first kappa shape index (κ1) is 31.5. The Labute approximate surface area is 243 Å².